The lowest BCUT2D eigenvalue weighted by Crippen LogP contribution is -2.32. The van der Waals surface area contributed by atoms with Crippen LogP contribution < -0.4 is 10.6 Å². The van der Waals surface area contributed by atoms with E-state index in [1.165, 1.54) is 0 Å². The highest BCUT2D eigenvalue weighted by molar-refractivity contribution is 6.31. The minimum Gasteiger partial charge on any atom is -0.343 e. The van der Waals surface area contributed by atoms with E-state index < -0.39 is 0 Å². The van der Waals surface area contributed by atoms with Crippen molar-refractivity contribution in [3.63, 3.8) is 0 Å². The number of carbonyl (C=O) groups excluding carboxylic acids is 2. The molecule has 27 heavy (non-hydrogen) atoms. The number of nitrogens with zero attached hydrogens (tertiary/aromatic N) is 3. The molecule has 0 aliphatic heterocycles. The molecule has 0 unspecified atom stereocenters. The van der Waals surface area contributed by atoms with Crippen LogP contribution in [0.4, 0.5) is 5.69 Å². The van der Waals surface area contributed by atoms with E-state index in [0.717, 1.165) is 11.4 Å². The quantitative estimate of drug-likeness (QED) is 0.709. The second-order valence-corrected chi connectivity index (χ2v) is 6.39. The average molecular weight is 384 g/mol. The third kappa shape index (κ3) is 4.51. The van der Waals surface area contributed by atoms with Crippen LogP contribution in [-0.2, 0) is 11.8 Å². The summed E-state index contributed by atoms with van der Waals surface area (Å²) in [5.41, 5.74) is 1.84. The van der Waals surface area contributed by atoms with Gasteiger partial charge in [0.25, 0.3) is 5.91 Å². The van der Waals surface area contributed by atoms with Crippen molar-refractivity contribution in [1.82, 2.24) is 20.1 Å². The Morgan fingerprint density at radius 2 is 1.89 bits per heavy atom. The van der Waals surface area contributed by atoms with Crippen molar-refractivity contribution >= 4 is 29.1 Å². The van der Waals surface area contributed by atoms with Crippen molar-refractivity contribution in [3.8, 4) is 11.4 Å². The first-order valence-corrected chi connectivity index (χ1v) is 8.62. The summed E-state index contributed by atoms with van der Waals surface area (Å²) in [5, 5.41) is 14.0. The number of aryl methyl sites for hydroxylation is 1. The molecule has 0 radical (unpaired) electrons. The van der Waals surface area contributed by atoms with E-state index in [-0.39, 0.29) is 18.4 Å². The minimum absolute atomic E-state index is 0.154. The topological polar surface area (TPSA) is 88.9 Å². The molecule has 8 heteroatoms. The highest BCUT2D eigenvalue weighted by atomic mass is 35.5. The molecule has 0 fully saturated rings. The van der Waals surface area contributed by atoms with Crippen LogP contribution in [0.25, 0.3) is 11.4 Å². The number of rotatable bonds is 5. The molecule has 0 aliphatic carbocycles. The van der Waals surface area contributed by atoms with Crippen LogP contribution in [-0.4, -0.2) is 33.1 Å². The molecule has 2 amide bonds. The number of hydrogen-bond donors (Lipinski definition) is 2. The van der Waals surface area contributed by atoms with Crippen LogP contribution in [0.5, 0.6) is 0 Å². The highest BCUT2D eigenvalue weighted by Gasteiger charge is 2.11. The number of carbonyl (C=O) groups is 2. The first-order valence-electron chi connectivity index (χ1n) is 8.24. The second kappa shape index (κ2) is 8.01. The molecule has 3 aromatic rings. The smallest absolute Gasteiger partial charge is 0.251 e. The minimum atomic E-state index is -0.365. The zero-order chi connectivity index (χ0) is 19.4. The Kier molecular flexibility index (Phi) is 5.52. The molecule has 2 N–H and O–H groups in total. The van der Waals surface area contributed by atoms with Gasteiger partial charge in [0.1, 0.15) is 5.82 Å². The van der Waals surface area contributed by atoms with Crippen molar-refractivity contribution in [2.75, 3.05) is 11.9 Å². The van der Waals surface area contributed by atoms with Gasteiger partial charge in [0.05, 0.1) is 6.54 Å². The van der Waals surface area contributed by atoms with Crippen molar-refractivity contribution in [2.45, 2.75) is 6.92 Å². The maximum atomic E-state index is 12.1. The third-order valence-electron chi connectivity index (χ3n) is 3.99. The van der Waals surface area contributed by atoms with Gasteiger partial charge in [-0.2, -0.15) is 0 Å². The van der Waals surface area contributed by atoms with Gasteiger partial charge in [0, 0.05) is 28.9 Å². The summed E-state index contributed by atoms with van der Waals surface area (Å²) in [6.45, 7) is 1.71. The average Bonchev–Trinajstić information content (AvgIpc) is 2.99. The molecule has 2 aromatic carbocycles. The number of anilines is 1. The molecule has 138 valence electrons. The zero-order valence-corrected chi connectivity index (χ0v) is 15.6. The van der Waals surface area contributed by atoms with E-state index in [1.807, 2.05) is 30.7 Å². The molecular weight excluding hydrogens is 366 g/mol. The Morgan fingerprint density at radius 3 is 2.59 bits per heavy atom. The maximum absolute atomic E-state index is 12.1. The summed E-state index contributed by atoms with van der Waals surface area (Å²) < 4.78 is 1.87. The van der Waals surface area contributed by atoms with Crippen molar-refractivity contribution in [2.24, 2.45) is 7.05 Å². The van der Waals surface area contributed by atoms with Crippen molar-refractivity contribution in [1.29, 1.82) is 0 Å². The van der Waals surface area contributed by atoms with Gasteiger partial charge < -0.3 is 15.2 Å². The third-order valence-corrected chi connectivity index (χ3v) is 4.23. The van der Waals surface area contributed by atoms with Crippen LogP contribution in [0, 0.1) is 6.92 Å². The fraction of sp³-hybridized carbons (Fsp3) is 0.158. The van der Waals surface area contributed by atoms with Crippen LogP contribution >= 0.6 is 11.6 Å². The Morgan fingerprint density at radius 1 is 1.11 bits per heavy atom. The monoisotopic (exact) mass is 383 g/mol. The SMILES string of the molecule is Cc1nnc(-c2cccc(NC(=O)CNC(=O)c3cccc(Cl)c3)c2)n1C. The molecule has 1 heterocycles. The summed E-state index contributed by atoms with van der Waals surface area (Å²) in [4.78, 5) is 24.2. The van der Waals surface area contributed by atoms with Crippen molar-refractivity contribution in [3.05, 3.63) is 64.9 Å². The van der Waals surface area contributed by atoms with Crippen LogP contribution in [0.1, 0.15) is 16.2 Å². The molecule has 0 saturated carbocycles. The highest BCUT2D eigenvalue weighted by Crippen LogP contribution is 2.21. The first kappa shape index (κ1) is 18.6. The molecular formula is C19H18ClN5O2. The molecule has 7 nitrogen and oxygen atoms in total. The van der Waals surface area contributed by atoms with Crippen LogP contribution in [0.2, 0.25) is 5.02 Å². The first-order chi connectivity index (χ1) is 12.9. The lowest BCUT2D eigenvalue weighted by molar-refractivity contribution is -0.115. The fourth-order valence-electron chi connectivity index (χ4n) is 2.49. The summed E-state index contributed by atoms with van der Waals surface area (Å²) in [7, 11) is 1.88. The summed E-state index contributed by atoms with van der Waals surface area (Å²) in [6.07, 6.45) is 0. The van der Waals surface area contributed by atoms with Gasteiger partial charge >= 0.3 is 0 Å². The Hall–Kier alpha value is -3.19. The van der Waals surface area contributed by atoms with Gasteiger partial charge in [-0.05, 0) is 37.3 Å². The van der Waals surface area contributed by atoms with E-state index >= 15 is 0 Å². The van der Waals surface area contributed by atoms with Gasteiger partial charge in [-0.3, -0.25) is 9.59 Å². The number of amides is 2. The molecule has 0 saturated heterocycles. The number of halogens is 1. The molecule has 0 atom stereocenters. The summed E-state index contributed by atoms with van der Waals surface area (Å²) >= 11 is 5.87. The lowest BCUT2D eigenvalue weighted by atomic mass is 10.2. The predicted octanol–water partition coefficient (Wildman–Crippen LogP) is 2.81. The zero-order valence-electron chi connectivity index (χ0n) is 14.9. The predicted molar refractivity (Wildman–Crippen MR) is 104 cm³/mol. The lowest BCUT2D eigenvalue weighted by Gasteiger charge is -2.09. The normalized spacial score (nSPS) is 10.5. The number of nitrogens with one attached hydrogen (secondary N) is 2. The number of benzene rings is 2. The maximum Gasteiger partial charge on any atom is 0.251 e. The van der Waals surface area contributed by atoms with E-state index in [2.05, 4.69) is 20.8 Å². The van der Waals surface area contributed by atoms with Crippen molar-refractivity contribution < 1.29 is 9.59 Å². The van der Waals surface area contributed by atoms with E-state index in [9.17, 15) is 9.59 Å². The Labute approximate surface area is 161 Å². The van der Waals surface area contributed by atoms with Crippen LogP contribution in [0.3, 0.4) is 0 Å². The Balaban J connectivity index is 1.62. The second-order valence-electron chi connectivity index (χ2n) is 5.95. The summed E-state index contributed by atoms with van der Waals surface area (Å²) in [5.74, 6) is 0.800. The van der Waals surface area contributed by atoms with Gasteiger partial charge in [-0.15, -0.1) is 10.2 Å². The Bertz CT molecular complexity index is 999. The van der Waals surface area contributed by atoms with Gasteiger partial charge in [-0.25, -0.2) is 0 Å². The molecule has 0 aliphatic rings. The fourth-order valence-corrected chi connectivity index (χ4v) is 2.68. The van der Waals surface area contributed by atoms with E-state index in [0.29, 0.717) is 22.1 Å². The molecule has 0 bridgehead atoms. The van der Waals surface area contributed by atoms with Gasteiger partial charge in [-0.1, -0.05) is 29.8 Å². The van der Waals surface area contributed by atoms with E-state index in [1.54, 1.807) is 36.4 Å². The van der Waals surface area contributed by atoms with E-state index in [4.69, 9.17) is 11.6 Å². The molecule has 1 aromatic heterocycles. The standard InChI is InChI=1S/C19H18ClN5O2/c1-12-23-24-18(25(12)2)13-5-4-8-16(10-13)22-17(26)11-21-19(27)14-6-3-7-15(20)9-14/h3-10H,11H2,1-2H3,(H,21,27)(H,22,26). The molecule has 3 rings (SSSR count). The number of aromatic nitrogens is 3. The number of hydrogen-bond acceptors (Lipinski definition) is 4. The largest absolute Gasteiger partial charge is 0.343 e. The summed E-state index contributed by atoms with van der Waals surface area (Å²) in [6, 6.07) is 13.8. The van der Waals surface area contributed by atoms with Gasteiger partial charge in [0.15, 0.2) is 5.82 Å². The van der Waals surface area contributed by atoms with Gasteiger partial charge in [0.2, 0.25) is 5.91 Å². The molecule has 0 spiro atoms. The van der Waals surface area contributed by atoms with Crippen LogP contribution in [0.15, 0.2) is 48.5 Å².